The van der Waals surface area contributed by atoms with Crippen molar-refractivity contribution in [3.05, 3.63) is 81.2 Å². The van der Waals surface area contributed by atoms with Crippen molar-refractivity contribution in [3.8, 4) is 11.1 Å². The lowest BCUT2D eigenvalue weighted by Crippen LogP contribution is -2.07. The number of halogens is 2. The Hall–Kier alpha value is -3.32. The molecular formula is C22H14F2O4S. The number of benzene rings is 2. The Bertz CT molecular complexity index is 1210. The standard InChI is InChI=1S/C22H14F2O4S/c1-11-6-14(23)20(15(24)7-11)13-10-29-19(21(13)22(26)27)9-16(25)18-8-12-4-2-3-5-17(12)28-18/h2-8,10H,9H2,1H3,(H,26,27). The van der Waals surface area contributed by atoms with Crippen LogP contribution < -0.4 is 0 Å². The van der Waals surface area contributed by atoms with E-state index in [0.29, 0.717) is 11.1 Å². The summed E-state index contributed by atoms with van der Waals surface area (Å²) >= 11 is 0.974. The van der Waals surface area contributed by atoms with Gasteiger partial charge in [0.05, 0.1) is 11.1 Å². The number of para-hydroxylation sites is 1. The maximum Gasteiger partial charge on any atom is 0.337 e. The van der Waals surface area contributed by atoms with Gasteiger partial charge in [-0.05, 0) is 42.1 Å². The maximum atomic E-state index is 14.4. The summed E-state index contributed by atoms with van der Waals surface area (Å²) < 4.78 is 34.3. The van der Waals surface area contributed by atoms with Crippen LogP contribution in [0.15, 0.2) is 52.3 Å². The van der Waals surface area contributed by atoms with Gasteiger partial charge in [-0.1, -0.05) is 18.2 Å². The van der Waals surface area contributed by atoms with Crippen molar-refractivity contribution in [1.29, 1.82) is 0 Å². The molecule has 2 aromatic heterocycles. The molecule has 0 saturated heterocycles. The molecule has 4 nitrogen and oxygen atoms in total. The molecule has 0 saturated carbocycles. The summed E-state index contributed by atoms with van der Waals surface area (Å²) in [6.45, 7) is 1.54. The van der Waals surface area contributed by atoms with Gasteiger partial charge in [-0.2, -0.15) is 0 Å². The van der Waals surface area contributed by atoms with Crippen molar-refractivity contribution in [2.75, 3.05) is 0 Å². The minimum atomic E-state index is -1.35. The van der Waals surface area contributed by atoms with E-state index in [1.807, 2.05) is 6.07 Å². The molecule has 2 aromatic carbocycles. The van der Waals surface area contributed by atoms with Gasteiger partial charge >= 0.3 is 5.97 Å². The molecule has 0 unspecified atom stereocenters. The number of rotatable bonds is 5. The van der Waals surface area contributed by atoms with Gasteiger partial charge in [0.2, 0.25) is 5.78 Å². The average molecular weight is 412 g/mol. The smallest absolute Gasteiger partial charge is 0.337 e. The highest BCUT2D eigenvalue weighted by Crippen LogP contribution is 2.36. The molecule has 0 atom stereocenters. The van der Waals surface area contributed by atoms with Crippen LogP contribution in [0.25, 0.3) is 22.1 Å². The second kappa shape index (κ2) is 7.25. The Kier molecular flexibility index (Phi) is 4.76. The number of aromatic carboxylic acids is 1. The third-order valence-corrected chi connectivity index (χ3v) is 5.54. The number of ketones is 1. The number of furan rings is 1. The van der Waals surface area contributed by atoms with Crippen molar-refractivity contribution in [2.24, 2.45) is 0 Å². The van der Waals surface area contributed by atoms with Gasteiger partial charge in [-0.3, -0.25) is 4.79 Å². The number of aryl methyl sites for hydroxylation is 1. The quantitative estimate of drug-likeness (QED) is 0.416. The fourth-order valence-corrected chi connectivity index (χ4v) is 4.28. The zero-order valence-corrected chi connectivity index (χ0v) is 16.0. The number of carboxylic acids is 1. The molecule has 4 rings (SSSR count). The van der Waals surface area contributed by atoms with Crippen molar-refractivity contribution in [3.63, 3.8) is 0 Å². The fourth-order valence-electron chi connectivity index (χ4n) is 3.26. The van der Waals surface area contributed by atoms with Crippen molar-refractivity contribution >= 4 is 34.1 Å². The molecule has 0 radical (unpaired) electrons. The van der Waals surface area contributed by atoms with Crippen molar-refractivity contribution < 1.29 is 27.9 Å². The molecule has 0 aliphatic heterocycles. The summed E-state index contributed by atoms with van der Waals surface area (Å²) in [5, 5.41) is 11.8. The maximum absolute atomic E-state index is 14.4. The van der Waals surface area contributed by atoms with E-state index in [-0.39, 0.29) is 28.2 Å². The summed E-state index contributed by atoms with van der Waals surface area (Å²) in [5.41, 5.74) is 0.166. The second-order valence-electron chi connectivity index (χ2n) is 6.60. The van der Waals surface area contributed by atoms with Crippen LogP contribution in [-0.4, -0.2) is 16.9 Å². The minimum Gasteiger partial charge on any atom is -0.478 e. The van der Waals surface area contributed by atoms with Gasteiger partial charge in [0.1, 0.15) is 17.2 Å². The van der Waals surface area contributed by atoms with E-state index in [1.54, 1.807) is 31.2 Å². The molecule has 29 heavy (non-hydrogen) atoms. The number of carbonyl (C=O) groups excluding carboxylic acids is 1. The van der Waals surface area contributed by atoms with Crippen LogP contribution in [0, 0.1) is 18.6 Å². The third kappa shape index (κ3) is 3.45. The number of thiophene rings is 1. The number of carboxylic acid groups (broad SMARTS) is 1. The van der Waals surface area contributed by atoms with E-state index >= 15 is 0 Å². The molecule has 4 aromatic rings. The van der Waals surface area contributed by atoms with Gasteiger partial charge in [0, 0.05) is 22.2 Å². The lowest BCUT2D eigenvalue weighted by Gasteiger charge is -2.07. The monoisotopic (exact) mass is 412 g/mol. The molecule has 0 aliphatic carbocycles. The van der Waals surface area contributed by atoms with Crippen LogP contribution in [0.2, 0.25) is 0 Å². The van der Waals surface area contributed by atoms with Crippen LogP contribution >= 0.6 is 11.3 Å². The lowest BCUT2D eigenvalue weighted by molar-refractivity contribution is 0.0697. The number of Topliss-reactive ketones (excluding diaryl/α,β-unsaturated/α-hetero) is 1. The summed E-state index contributed by atoms with van der Waals surface area (Å²) in [4.78, 5) is 24.7. The molecule has 0 spiro atoms. The Morgan fingerprint density at radius 2 is 1.79 bits per heavy atom. The predicted molar refractivity (Wildman–Crippen MR) is 106 cm³/mol. The van der Waals surface area contributed by atoms with Gasteiger partial charge < -0.3 is 9.52 Å². The van der Waals surface area contributed by atoms with Gasteiger partial charge in [-0.25, -0.2) is 13.6 Å². The molecule has 0 fully saturated rings. The first-order valence-electron chi connectivity index (χ1n) is 8.66. The predicted octanol–water partition coefficient (Wildman–Crippen LogP) is 5.87. The minimum absolute atomic E-state index is 0.0788. The van der Waals surface area contributed by atoms with Crippen molar-refractivity contribution in [1.82, 2.24) is 0 Å². The van der Waals surface area contributed by atoms with Crippen LogP contribution in [0.4, 0.5) is 8.78 Å². The summed E-state index contributed by atoms with van der Waals surface area (Å²) in [6.07, 6.45) is -0.249. The zero-order chi connectivity index (χ0) is 20.7. The first-order valence-corrected chi connectivity index (χ1v) is 9.54. The number of hydrogen-bond donors (Lipinski definition) is 1. The molecular weight excluding hydrogens is 398 g/mol. The summed E-state index contributed by atoms with van der Waals surface area (Å²) in [5.74, 6) is -3.36. The second-order valence-corrected chi connectivity index (χ2v) is 7.57. The third-order valence-electron chi connectivity index (χ3n) is 4.56. The van der Waals surface area contributed by atoms with E-state index in [0.717, 1.165) is 28.9 Å². The summed E-state index contributed by atoms with van der Waals surface area (Å²) in [7, 11) is 0. The van der Waals surface area contributed by atoms with Gasteiger partial charge in [-0.15, -0.1) is 11.3 Å². The highest BCUT2D eigenvalue weighted by atomic mass is 32.1. The number of hydrogen-bond acceptors (Lipinski definition) is 4. The zero-order valence-electron chi connectivity index (χ0n) is 15.2. The molecule has 1 N–H and O–H groups in total. The number of carbonyl (C=O) groups is 2. The van der Waals surface area contributed by atoms with Gasteiger partial charge in [0.25, 0.3) is 0 Å². The molecule has 0 aliphatic rings. The Labute approximate surface area is 168 Å². The van der Waals surface area contributed by atoms with Gasteiger partial charge in [0.15, 0.2) is 5.76 Å². The van der Waals surface area contributed by atoms with Crippen molar-refractivity contribution in [2.45, 2.75) is 13.3 Å². The first kappa shape index (κ1) is 19.0. The van der Waals surface area contributed by atoms with E-state index < -0.39 is 29.0 Å². The highest BCUT2D eigenvalue weighted by molar-refractivity contribution is 7.11. The highest BCUT2D eigenvalue weighted by Gasteiger charge is 2.26. The fraction of sp³-hybridized carbons (Fsp3) is 0.0909. The van der Waals surface area contributed by atoms with Crippen LogP contribution in [0.3, 0.4) is 0 Å². The molecule has 0 amide bonds. The first-order chi connectivity index (χ1) is 13.8. The number of fused-ring (bicyclic) bond motifs is 1. The largest absolute Gasteiger partial charge is 0.478 e. The van der Waals surface area contributed by atoms with Crippen LogP contribution in [-0.2, 0) is 6.42 Å². The van der Waals surface area contributed by atoms with E-state index in [1.165, 1.54) is 5.38 Å². The average Bonchev–Trinajstić information content (AvgIpc) is 3.25. The Morgan fingerprint density at radius 1 is 1.10 bits per heavy atom. The molecule has 0 bridgehead atoms. The van der Waals surface area contributed by atoms with E-state index in [2.05, 4.69) is 0 Å². The molecule has 146 valence electrons. The van der Waals surface area contributed by atoms with Crippen LogP contribution in [0.1, 0.15) is 31.4 Å². The molecule has 2 heterocycles. The van der Waals surface area contributed by atoms with E-state index in [9.17, 15) is 23.5 Å². The van der Waals surface area contributed by atoms with Crippen LogP contribution in [0.5, 0.6) is 0 Å². The Morgan fingerprint density at radius 3 is 2.45 bits per heavy atom. The summed E-state index contributed by atoms with van der Waals surface area (Å²) in [6, 6.07) is 11.0. The normalized spacial score (nSPS) is 11.1. The topological polar surface area (TPSA) is 67.5 Å². The lowest BCUT2D eigenvalue weighted by atomic mass is 9.99. The Balaban J connectivity index is 1.74. The van der Waals surface area contributed by atoms with E-state index in [4.69, 9.17) is 4.42 Å². The molecule has 7 heteroatoms. The SMILES string of the molecule is Cc1cc(F)c(-c2csc(CC(=O)c3cc4ccccc4o3)c2C(=O)O)c(F)c1.